The van der Waals surface area contributed by atoms with Crippen molar-refractivity contribution in [1.82, 2.24) is 0 Å². The summed E-state index contributed by atoms with van der Waals surface area (Å²) in [5.41, 5.74) is 4.68. The second kappa shape index (κ2) is 3.27. The molecule has 0 aromatic heterocycles. The fourth-order valence-electron chi connectivity index (χ4n) is 1.32. The van der Waals surface area contributed by atoms with Crippen molar-refractivity contribution in [2.24, 2.45) is 0 Å². The summed E-state index contributed by atoms with van der Waals surface area (Å²) in [6.07, 6.45) is 1.21. The van der Waals surface area contributed by atoms with Crippen LogP contribution in [0.25, 0.3) is 0 Å². The van der Waals surface area contributed by atoms with E-state index in [4.69, 9.17) is 0 Å². The van der Waals surface area contributed by atoms with Crippen LogP contribution in [0, 0.1) is 0 Å². The zero-order valence-electron chi connectivity index (χ0n) is 7.12. The first-order valence-corrected chi connectivity index (χ1v) is 5.70. The number of benzene rings is 1. The van der Waals surface area contributed by atoms with Gasteiger partial charge in [0.05, 0.1) is 0 Å². The average molecular weight is 174 g/mol. The Morgan fingerprint density at radius 3 is 2.58 bits per heavy atom. The van der Waals surface area contributed by atoms with Crippen molar-refractivity contribution >= 4 is 13.2 Å². The van der Waals surface area contributed by atoms with Crippen LogP contribution in [0.3, 0.4) is 0 Å². The van der Waals surface area contributed by atoms with E-state index in [1.807, 2.05) is 0 Å². The summed E-state index contributed by atoms with van der Waals surface area (Å²) in [5, 5.41) is 1.47. The van der Waals surface area contributed by atoms with Gasteiger partial charge in [-0.05, 0) is 31.5 Å². The van der Waals surface area contributed by atoms with Gasteiger partial charge in [-0.1, -0.05) is 30.3 Å². The van der Waals surface area contributed by atoms with Gasteiger partial charge in [-0.2, -0.15) is 0 Å². The molecule has 0 fully saturated rings. The molecule has 60 valence electrons. The van der Waals surface area contributed by atoms with E-state index in [9.17, 15) is 0 Å². The van der Waals surface area contributed by atoms with Crippen molar-refractivity contribution in [1.29, 1.82) is 0 Å². The minimum atomic E-state index is -0.0527. The summed E-state index contributed by atoms with van der Waals surface area (Å²) in [6, 6.07) is 10.7. The van der Waals surface area contributed by atoms with Crippen molar-refractivity contribution in [3.63, 3.8) is 0 Å². The highest BCUT2D eigenvalue weighted by Crippen LogP contribution is 2.40. The zero-order valence-corrected chi connectivity index (χ0v) is 8.01. The summed E-state index contributed by atoms with van der Waals surface area (Å²) >= 11 is 0. The Balaban J connectivity index is 2.20. The Morgan fingerprint density at radius 2 is 2.00 bits per heavy atom. The third-order valence-electron chi connectivity index (χ3n) is 1.96. The highest BCUT2D eigenvalue weighted by molar-refractivity contribution is 7.69. The molecule has 2 rings (SSSR count). The van der Waals surface area contributed by atoms with Crippen molar-refractivity contribution in [3.05, 3.63) is 47.5 Å². The molecule has 0 N–H and O–H groups in total. The maximum absolute atomic E-state index is 3.29. The number of allylic oxidation sites excluding steroid dienone is 1. The molecule has 0 saturated heterocycles. The van der Waals surface area contributed by atoms with Gasteiger partial charge in [-0.3, -0.25) is 0 Å². The summed E-state index contributed by atoms with van der Waals surface area (Å²) in [7, 11) is -0.0527. The first-order chi connectivity index (χ1) is 5.86. The first-order valence-electron chi connectivity index (χ1n) is 4.10. The Morgan fingerprint density at radius 1 is 1.25 bits per heavy atom. The third kappa shape index (κ3) is 1.50. The van der Waals surface area contributed by atoms with Crippen LogP contribution in [0.1, 0.15) is 6.92 Å². The summed E-state index contributed by atoms with van der Waals surface area (Å²) < 4.78 is 0. The molecule has 1 atom stereocenters. The van der Waals surface area contributed by atoms with Gasteiger partial charge in [0.15, 0.2) is 0 Å². The second-order valence-electron chi connectivity index (χ2n) is 3.02. The minimum absolute atomic E-state index is 0.0527. The molecular weight excluding hydrogens is 163 g/mol. The van der Waals surface area contributed by atoms with Crippen molar-refractivity contribution in [3.8, 4) is 0 Å². The van der Waals surface area contributed by atoms with Crippen LogP contribution in [0.4, 0.5) is 0 Å². The van der Waals surface area contributed by atoms with E-state index in [1.54, 1.807) is 0 Å². The van der Waals surface area contributed by atoms with Crippen LogP contribution in [0.15, 0.2) is 47.5 Å². The van der Waals surface area contributed by atoms with Crippen molar-refractivity contribution in [2.45, 2.75) is 6.92 Å². The van der Waals surface area contributed by atoms with Crippen LogP contribution >= 0.6 is 7.92 Å². The Bertz CT molecular complexity index is 331. The molecule has 0 nitrogen and oxygen atoms in total. The topological polar surface area (TPSA) is 0 Å². The predicted molar refractivity (Wildman–Crippen MR) is 55.1 cm³/mol. The zero-order chi connectivity index (χ0) is 8.39. The lowest BCUT2D eigenvalue weighted by atomic mass is 10.4. The van der Waals surface area contributed by atoms with Crippen LogP contribution in [-0.2, 0) is 0 Å². The standard InChI is InChI=1S/C11H11P/c1-10-7-8-12(9-10)11-5-3-2-4-6-11/h2-6,8H,9H2,1H3. The largest absolute Gasteiger partial charge is 0.121 e. The van der Waals surface area contributed by atoms with E-state index in [-0.39, 0.29) is 7.92 Å². The molecule has 12 heavy (non-hydrogen) atoms. The summed E-state index contributed by atoms with van der Waals surface area (Å²) in [6.45, 7) is 2.15. The lowest BCUT2D eigenvalue weighted by Gasteiger charge is -2.07. The second-order valence-corrected chi connectivity index (χ2v) is 5.05. The van der Waals surface area contributed by atoms with Gasteiger partial charge < -0.3 is 0 Å². The van der Waals surface area contributed by atoms with Gasteiger partial charge in [-0.25, -0.2) is 0 Å². The Kier molecular flexibility index (Phi) is 2.13. The van der Waals surface area contributed by atoms with Gasteiger partial charge in [-0.15, -0.1) is 5.73 Å². The Labute approximate surface area is 74.4 Å². The van der Waals surface area contributed by atoms with Gasteiger partial charge in [0.1, 0.15) is 0 Å². The molecule has 0 spiro atoms. The molecular formula is C11H11P. The van der Waals surface area contributed by atoms with E-state index in [0.29, 0.717) is 0 Å². The lowest BCUT2D eigenvalue weighted by Crippen LogP contribution is -1.98. The fourth-order valence-corrected chi connectivity index (χ4v) is 3.28. The monoisotopic (exact) mass is 174 g/mol. The molecule has 0 radical (unpaired) electrons. The van der Waals surface area contributed by atoms with Crippen LogP contribution in [0.2, 0.25) is 0 Å². The van der Waals surface area contributed by atoms with Gasteiger partial charge in [0, 0.05) is 6.16 Å². The van der Waals surface area contributed by atoms with Crippen molar-refractivity contribution in [2.75, 3.05) is 6.16 Å². The van der Waals surface area contributed by atoms with E-state index in [1.165, 1.54) is 17.0 Å². The number of hydrogen-bond donors (Lipinski definition) is 0. The SMILES string of the molecule is CC1=C=CP(c2ccccc2)C1. The van der Waals surface area contributed by atoms with Crippen LogP contribution < -0.4 is 5.30 Å². The smallest absolute Gasteiger partial charge is 0.00397 e. The molecule has 1 aliphatic heterocycles. The van der Waals surface area contributed by atoms with E-state index < -0.39 is 0 Å². The van der Waals surface area contributed by atoms with Crippen LogP contribution in [0.5, 0.6) is 0 Å². The molecule has 1 aromatic rings. The summed E-state index contributed by atoms with van der Waals surface area (Å²) in [4.78, 5) is 0. The molecule has 1 aromatic carbocycles. The average Bonchev–Trinajstić information content (AvgIpc) is 2.54. The van der Waals surface area contributed by atoms with E-state index >= 15 is 0 Å². The van der Waals surface area contributed by atoms with Crippen molar-refractivity contribution < 1.29 is 0 Å². The molecule has 0 amide bonds. The minimum Gasteiger partial charge on any atom is -0.121 e. The van der Waals surface area contributed by atoms with Gasteiger partial charge >= 0.3 is 0 Å². The Hall–Kier alpha value is -0.830. The maximum atomic E-state index is 3.29. The van der Waals surface area contributed by atoms with Crippen LogP contribution in [-0.4, -0.2) is 6.16 Å². The summed E-state index contributed by atoms with van der Waals surface area (Å²) in [5.74, 6) is 2.24. The van der Waals surface area contributed by atoms with Gasteiger partial charge in [0.25, 0.3) is 0 Å². The third-order valence-corrected chi connectivity index (χ3v) is 4.18. The quantitative estimate of drug-likeness (QED) is 0.453. The molecule has 1 heterocycles. The first kappa shape index (κ1) is 7.80. The lowest BCUT2D eigenvalue weighted by molar-refractivity contribution is 1.44. The van der Waals surface area contributed by atoms with E-state index in [0.717, 1.165) is 0 Å². The van der Waals surface area contributed by atoms with Gasteiger partial charge in [0.2, 0.25) is 0 Å². The molecule has 0 aliphatic carbocycles. The predicted octanol–water partition coefficient (Wildman–Crippen LogP) is 2.87. The molecule has 0 saturated carbocycles. The molecule has 1 unspecified atom stereocenters. The van der Waals surface area contributed by atoms with E-state index in [2.05, 4.69) is 48.8 Å². The molecule has 1 aliphatic rings. The highest BCUT2D eigenvalue weighted by Gasteiger charge is 2.10. The molecule has 0 bridgehead atoms. The maximum Gasteiger partial charge on any atom is 0.00397 e. The normalized spacial score (nSPS) is 21.1. The highest BCUT2D eigenvalue weighted by atomic mass is 31.1. The fraction of sp³-hybridized carbons (Fsp3) is 0.182. The number of rotatable bonds is 1. The molecule has 1 heteroatoms. The number of hydrogen-bond acceptors (Lipinski definition) is 0.